The number of para-hydroxylation sites is 1. The van der Waals surface area contributed by atoms with Crippen LogP contribution in [0.5, 0.6) is 11.5 Å². The fourth-order valence-corrected chi connectivity index (χ4v) is 4.57. The first-order chi connectivity index (χ1) is 17.0. The van der Waals surface area contributed by atoms with Gasteiger partial charge in [-0.2, -0.15) is 0 Å². The number of fused-ring (bicyclic) bond motifs is 1. The molecule has 176 valence electrons. The van der Waals surface area contributed by atoms with Gasteiger partial charge in [-0.05, 0) is 30.3 Å². The Morgan fingerprint density at radius 1 is 1.00 bits per heavy atom. The maximum absolute atomic E-state index is 13.4. The van der Waals surface area contributed by atoms with E-state index < -0.39 is 17.7 Å². The first kappa shape index (κ1) is 22.2. The smallest absolute Gasteiger partial charge is 0.296 e. The van der Waals surface area contributed by atoms with Crippen LogP contribution in [0.3, 0.4) is 0 Å². The minimum atomic E-state index is -0.859. The van der Waals surface area contributed by atoms with Crippen molar-refractivity contribution in [1.29, 1.82) is 0 Å². The van der Waals surface area contributed by atoms with E-state index in [0.29, 0.717) is 22.8 Å². The molecule has 1 fully saturated rings. The number of methoxy groups -OCH3 is 2. The lowest BCUT2D eigenvalue weighted by Gasteiger charge is -2.25. The number of nitrogens with zero attached hydrogens (tertiary/aromatic N) is 2. The van der Waals surface area contributed by atoms with Crippen LogP contribution in [0.1, 0.15) is 22.9 Å². The molecule has 35 heavy (non-hydrogen) atoms. The van der Waals surface area contributed by atoms with Gasteiger partial charge in [0.25, 0.3) is 11.7 Å². The molecular formula is C27H23N3O5. The van der Waals surface area contributed by atoms with Crippen LogP contribution in [0.2, 0.25) is 0 Å². The SMILES string of the molecule is COc1cccc(OC)c1/C(O)=C1\C(=O)C(=O)N(Cc2ccccn2)C1c1c[nH]c2ccccc12. The van der Waals surface area contributed by atoms with E-state index in [-0.39, 0.29) is 23.4 Å². The Kier molecular flexibility index (Phi) is 5.70. The minimum Gasteiger partial charge on any atom is -0.506 e. The topological polar surface area (TPSA) is 105 Å². The van der Waals surface area contributed by atoms with E-state index in [0.717, 1.165) is 10.9 Å². The molecule has 2 N–H and O–H groups in total. The lowest BCUT2D eigenvalue weighted by Crippen LogP contribution is -2.29. The number of aliphatic hydroxyl groups excluding tert-OH is 1. The van der Waals surface area contributed by atoms with E-state index in [1.807, 2.05) is 30.3 Å². The molecule has 0 bridgehead atoms. The highest BCUT2D eigenvalue weighted by atomic mass is 16.5. The van der Waals surface area contributed by atoms with Crippen LogP contribution in [0.25, 0.3) is 16.7 Å². The zero-order valence-corrected chi connectivity index (χ0v) is 19.2. The summed E-state index contributed by atoms with van der Waals surface area (Å²) in [6.07, 6.45) is 3.39. The van der Waals surface area contributed by atoms with Crippen LogP contribution in [0, 0.1) is 0 Å². The molecular weight excluding hydrogens is 446 g/mol. The molecule has 1 saturated heterocycles. The molecule has 0 radical (unpaired) electrons. The van der Waals surface area contributed by atoms with Gasteiger partial charge in [-0.3, -0.25) is 14.6 Å². The normalized spacial score (nSPS) is 17.2. The summed E-state index contributed by atoms with van der Waals surface area (Å²) >= 11 is 0. The van der Waals surface area contributed by atoms with E-state index in [1.54, 1.807) is 42.7 Å². The molecule has 1 amide bonds. The highest BCUT2D eigenvalue weighted by Gasteiger charge is 2.47. The Morgan fingerprint density at radius 3 is 2.40 bits per heavy atom. The molecule has 1 aliphatic heterocycles. The van der Waals surface area contributed by atoms with E-state index in [2.05, 4.69) is 9.97 Å². The molecule has 1 atom stereocenters. The molecule has 0 aliphatic carbocycles. The summed E-state index contributed by atoms with van der Waals surface area (Å²) in [7, 11) is 2.92. The Labute approximate surface area is 201 Å². The number of hydrogen-bond acceptors (Lipinski definition) is 6. The average Bonchev–Trinajstić information content (AvgIpc) is 3.42. The predicted octanol–water partition coefficient (Wildman–Crippen LogP) is 4.20. The molecule has 5 rings (SSSR count). The zero-order valence-electron chi connectivity index (χ0n) is 19.2. The second-order valence-corrected chi connectivity index (χ2v) is 8.08. The van der Waals surface area contributed by atoms with Gasteiger partial charge < -0.3 is 24.5 Å². The molecule has 2 aromatic carbocycles. The number of H-pyrrole nitrogens is 1. The Bertz CT molecular complexity index is 1440. The van der Waals surface area contributed by atoms with Crippen molar-refractivity contribution in [2.75, 3.05) is 14.2 Å². The Hall–Kier alpha value is -4.59. The number of carbonyl (C=O) groups excluding carboxylic acids is 2. The highest BCUT2D eigenvalue weighted by molar-refractivity contribution is 6.46. The van der Waals surface area contributed by atoms with Crippen molar-refractivity contribution in [3.8, 4) is 11.5 Å². The average molecular weight is 469 g/mol. The second kappa shape index (κ2) is 8.98. The van der Waals surface area contributed by atoms with Crippen LogP contribution in [-0.4, -0.2) is 45.9 Å². The lowest BCUT2D eigenvalue weighted by molar-refractivity contribution is -0.140. The summed E-state index contributed by atoms with van der Waals surface area (Å²) in [6.45, 7) is 0.0927. The van der Waals surface area contributed by atoms with Gasteiger partial charge in [0, 0.05) is 28.9 Å². The van der Waals surface area contributed by atoms with Crippen LogP contribution in [0.15, 0.2) is 78.6 Å². The van der Waals surface area contributed by atoms with Crippen LogP contribution < -0.4 is 9.47 Å². The van der Waals surface area contributed by atoms with Gasteiger partial charge in [0.2, 0.25) is 0 Å². The quantitative estimate of drug-likeness (QED) is 0.249. The summed E-state index contributed by atoms with van der Waals surface area (Å²) < 4.78 is 10.9. The number of ketones is 1. The number of carbonyl (C=O) groups is 2. The fourth-order valence-electron chi connectivity index (χ4n) is 4.57. The van der Waals surface area contributed by atoms with Gasteiger partial charge in [-0.15, -0.1) is 0 Å². The van der Waals surface area contributed by atoms with Crippen molar-refractivity contribution in [1.82, 2.24) is 14.9 Å². The zero-order chi connectivity index (χ0) is 24.5. The van der Waals surface area contributed by atoms with Crippen molar-refractivity contribution in [2.45, 2.75) is 12.6 Å². The lowest BCUT2D eigenvalue weighted by atomic mass is 9.94. The van der Waals surface area contributed by atoms with Gasteiger partial charge in [0.15, 0.2) is 0 Å². The molecule has 0 saturated carbocycles. The summed E-state index contributed by atoms with van der Waals surface area (Å²) in [4.78, 5) is 35.8. The third-order valence-electron chi connectivity index (χ3n) is 6.18. The largest absolute Gasteiger partial charge is 0.506 e. The van der Waals surface area contributed by atoms with Crippen LogP contribution >= 0.6 is 0 Å². The maximum Gasteiger partial charge on any atom is 0.296 e. The molecule has 1 unspecified atom stereocenters. The number of benzene rings is 2. The van der Waals surface area contributed by atoms with Gasteiger partial charge >= 0.3 is 0 Å². The number of likely N-dealkylation sites (tertiary alicyclic amines) is 1. The van der Waals surface area contributed by atoms with Gasteiger partial charge in [0.1, 0.15) is 22.8 Å². The molecule has 4 aromatic rings. The Balaban J connectivity index is 1.76. The molecule has 0 spiro atoms. The van der Waals surface area contributed by atoms with Crippen molar-refractivity contribution < 1.29 is 24.2 Å². The number of ether oxygens (including phenoxy) is 2. The fraction of sp³-hybridized carbons (Fsp3) is 0.148. The monoisotopic (exact) mass is 469 g/mol. The number of aromatic amines is 1. The minimum absolute atomic E-state index is 0.0431. The third-order valence-corrected chi connectivity index (χ3v) is 6.18. The molecule has 3 heterocycles. The van der Waals surface area contributed by atoms with Crippen molar-refractivity contribution in [3.63, 3.8) is 0 Å². The molecule has 8 nitrogen and oxygen atoms in total. The second-order valence-electron chi connectivity index (χ2n) is 8.08. The van der Waals surface area contributed by atoms with Crippen LogP contribution in [0.4, 0.5) is 0 Å². The van der Waals surface area contributed by atoms with E-state index in [9.17, 15) is 14.7 Å². The number of rotatable bonds is 6. The van der Waals surface area contributed by atoms with Gasteiger partial charge in [-0.25, -0.2) is 0 Å². The number of hydrogen-bond donors (Lipinski definition) is 2. The number of Topliss-reactive ketones (excluding diaryl/α,β-unsaturated/α-hetero) is 1. The summed E-state index contributed by atoms with van der Waals surface area (Å²) in [6, 6.07) is 17.1. The van der Waals surface area contributed by atoms with Gasteiger partial charge in [-0.1, -0.05) is 30.3 Å². The standard InChI is InChI=1S/C27H23N3O5/c1-34-20-11-7-12-21(35-2)22(20)25(31)23-24(18-14-29-19-10-4-3-9-17(18)19)30(27(33)26(23)32)15-16-8-5-6-13-28-16/h3-14,24,29,31H,15H2,1-2H3/b25-23+. The Morgan fingerprint density at radius 2 is 1.71 bits per heavy atom. The number of nitrogens with one attached hydrogen (secondary N) is 1. The highest BCUT2D eigenvalue weighted by Crippen LogP contribution is 2.45. The summed E-state index contributed by atoms with van der Waals surface area (Å²) in [5.74, 6) is -1.25. The molecule has 1 aliphatic rings. The number of amides is 1. The summed E-state index contributed by atoms with van der Waals surface area (Å²) in [5, 5.41) is 12.4. The first-order valence-electron chi connectivity index (χ1n) is 11.0. The van der Waals surface area contributed by atoms with E-state index >= 15 is 0 Å². The van der Waals surface area contributed by atoms with E-state index in [4.69, 9.17) is 9.47 Å². The first-order valence-corrected chi connectivity index (χ1v) is 11.0. The molecule has 8 heteroatoms. The van der Waals surface area contributed by atoms with E-state index in [1.165, 1.54) is 19.1 Å². The molecule has 2 aromatic heterocycles. The predicted molar refractivity (Wildman–Crippen MR) is 130 cm³/mol. The maximum atomic E-state index is 13.4. The van der Waals surface area contributed by atoms with Gasteiger partial charge in [0.05, 0.1) is 38.1 Å². The number of pyridine rings is 1. The third kappa shape index (κ3) is 3.69. The van der Waals surface area contributed by atoms with Crippen molar-refractivity contribution >= 4 is 28.4 Å². The number of aromatic nitrogens is 2. The van der Waals surface area contributed by atoms with Crippen molar-refractivity contribution in [2.24, 2.45) is 0 Å². The number of aliphatic hydroxyl groups is 1. The van der Waals surface area contributed by atoms with Crippen molar-refractivity contribution in [3.05, 3.63) is 95.5 Å². The summed E-state index contributed by atoms with van der Waals surface area (Å²) in [5.41, 5.74) is 2.32. The van der Waals surface area contributed by atoms with Crippen LogP contribution in [-0.2, 0) is 16.1 Å².